The van der Waals surface area contributed by atoms with E-state index in [-0.39, 0.29) is 6.04 Å². The molecular formula is C15H15BrN2S. The Morgan fingerprint density at radius 2 is 1.63 bits per heavy atom. The normalized spacial score (nSPS) is 13.3. The number of aliphatic imine (C=N–C) groups is 1. The Kier molecular flexibility index (Phi) is 5.05. The SMILES string of the molecule is CSC(N)=N[C@H](c1ccccc1)c1ccc(Br)cc1. The van der Waals surface area contributed by atoms with Crippen LogP contribution in [-0.4, -0.2) is 11.4 Å². The first-order chi connectivity index (χ1) is 9.20. The molecule has 0 spiro atoms. The predicted octanol–water partition coefficient (Wildman–Crippen LogP) is 4.22. The third-order valence-corrected chi connectivity index (χ3v) is 3.82. The number of benzene rings is 2. The van der Waals surface area contributed by atoms with Gasteiger partial charge >= 0.3 is 0 Å². The lowest BCUT2D eigenvalue weighted by Gasteiger charge is -2.14. The van der Waals surface area contributed by atoms with Crippen LogP contribution in [0.25, 0.3) is 0 Å². The minimum atomic E-state index is -0.0539. The lowest BCUT2D eigenvalue weighted by Crippen LogP contribution is -2.09. The van der Waals surface area contributed by atoms with Crippen molar-refractivity contribution in [3.63, 3.8) is 0 Å². The predicted molar refractivity (Wildman–Crippen MR) is 87.6 cm³/mol. The van der Waals surface area contributed by atoms with Crippen LogP contribution in [0.5, 0.6) is 0 Å². The first-order valence-corrected chi connectivity index (χ1v) is 7.90. The summed E-state index contributed by atoms with van der Waals surface area (Å²) >= 11 is 4.91. The quantitative estimate of drug-likeness (QED) is 0.674. The van der Waals surface area contributed by atoms with E-state index in [1.807, 2.05) is 36.6 Å². The fourth-order valence-electron chi connectivity index (χ4n) is 1.80. The van der Waals surface area contributed by atoms with Crippen molar-refractivity contribution >= 4 is 32.9 Å². The van der Waals surface area contributed by atoms with Crippen molar-refractivity contribution < 1.29 is 0 Å². The van der Waals surface area contributed by atoms with Crippen molar-refractivity contribution in [2.75, 3.05) is 6.26 Å². The number of rotatable bonds is 3. The molecule has 4 heteroatoms. The summed E-state index contributed by atoms with van der Waals surface area (Å²) < 4.78 is 1.06. The van der Waals surface area contributed by atoms with Crippen LogP contribution in [0, 0.1) is 0 Å². The highest BCUT2D eigenvalue weighted by atomic mass is 79.9. The Hall–Kier alpha value is -1.26. The summed E-state index contributed by atoms with van der Waals surface area (Å²) in [7, 11) is 0. The minimum Gasteiger partial charge on any atom is -0.379 e. The monoisotopic (exact) mass is 334 g/mol. The number of halogens is 1. The second kappa shape index (κ2) is 6.78. The van der Waals surface area contributed by atoms with Gasteiger partial charge in [-0.25, -0.2) is 4.99 Å². The van der Waals surface area contributed by atoms with Gasteiger partial charge in [-0.1, -0.05) is 70.2 Å². The van der Waals surface area contributed by atoms with E-state index in [4.69, 9.17) is 5.73 Å². The molecule has 2 aromatic carbocycles. The molecule has 0 radical (unpaired) electrons. The molecule has 2 rings (SSSR count). The minimum absolute atomic E-state index is 0.0539. The van der Waals surface area contributed by atoms with Gasteiger partial charge in [0.05, 0.1) is 0 Å². The van der Waals surface area contributed by atoms with Crippen molar-refractivity contribution in [3.8, 4) is 0 Å². The van der Waals surface area contributed by atoms with Crippen LogP contribution < -0.4 is 5.73 Å². The summed E-state index contributed by atoms with van der Waals surface area (Å²) in [6.07, 6.45) is 1.93. The topological polar surface area (TPSA) is 38.4 Å². The van der Waals surface area contributed by atoms with Crippen molar-refractivity contribution in [1.29, 1.82) is 0 Å². The maximum Gasteiger partial charge on any atom is 0.154 e. The van der Waals surface area contributed by atoms with Crippen molar-refractivity contribution in [1.82, 2.24) is 0 Å². The van der Waals surface area contributed by atoms with E-state index in [1.54, 1.807) is 0 Å². The van der Waals surface area contributed by atoms with Gasteiger partial charge in [-0.2, -0.15) is 0 Å². The van der Waals surface area contributed by atoms with E-state index in [9.17, 15) is 0 Å². The Morgan fingerprint density at radius 1 is 1.05 bits per heavy atom. The van der Waals surface area contributed by atoms with Crippen LogP contribution in [0.4, 0.5) is 0 Å². The number of amidine groups is 1. The molecular weight excluding hydrogens is 320 g/mol. The molecule has 2 aromatic rings. The summed E-state index contributed by atoms with van der Waals surface area (Å²) in [5.74, 6) is 0. The summed E-state index contributed by atoms with van der Waals surface area (Å²) in [6, 6.07) is 18.3. The van der Waals surface area contributed by atoms with Crippen LogP contribution in [-0.2, 0) is 0 Å². The number of hydrogen-bond acceptors (Lipinski definition) is 2. The maximum absolute atomic E-state index is 5.88. The standard InChI is InChI=1S/C15H15BrN2S/c1-19-15(17)18-14(11-5-3-2-4-6-11)12-7-9-13(16)10-8-12/h2-10,14H,1H3,(H2,17,18)/t14-/m1/s1. The highest BCUT2D eigenvalue weighted by Crippen LogP contribution is 2.27. The van der Waals surface area contributed by atoms with Gasteiger partial charge in [-0.3, -0.25) is 0 Å². The molecule has 98 valence electrons. The van der Waals surface area contributed by atoms with E-state index < -0.39 is 0 Å². The molecule has 0 aliphatic heterocycles. The molecule has 0 unspecified atom stereocenters. The molecule has 0 heterocycles. The second-order valence-corrected chi connectivity index (χ2v) is 5.78. The Morgan fingerprint density at radius 3 is 2.21 bits per heavy atom. The highest BCUT2D eigenvalue weighted by molar-refractivity contribution is 9.10. The van der Waals surface area contributed by atoms with E-state index in [2.05, 4.69) is 45.2 Å². The summed E-state index contributed by atoms with van der Waals surface area (Å²) in [5.41, 5.74) is 8.15. The van der Waals surface area contributed by atoms with Gasteiger partial charge in [0.15, 0.2) is 5.17 Å². The summed E-state index contributed by atoms with van der Waals surface area (Å²) in [4.78, 5) is 4.61. The molecule has 2 nitrogen and oxygen atoms in total. The van der Waals surface area contributed by atoms with Crippen LogP contribution in [0.1, 0.15) is 17.2 Å². The number of thioether (sulfide) groups is 1. The van der Waals surface area contributed by atoms with Crippen molar-refractivity contribution in [3.05, 3.63) is 70.2 Å². The van der Waals surface area contributed by atoms with Gasteiger partial charge in [0.1, 0.15) is 6.04 Å². The Bertz CT molecular complexity index is 552. The van der Waals surface area contributed by atoms with Gasteiger partial charge in [-0.15, -0.1) is 0 Å². The molecule has 19 heavy (non-hydrogen) atoms. The zero-order valence-electron chi connectivity index (χ0n) is 10.6. The zero-order valence-corrected chi connectivity index (χ0v) is 13.0. The molecule has 0 amide bonds. The van der Waals surface area contributed by atoms with E-state index in [0.29, 0.717) is 5.17 Å². The van der Waals surface area contributed by atoms with Gasteiger partial charge in [0, 0.05) is 4.47 Å². The van der Waals surface area contributed by atoms with Crippen LogP contribution in [0.15, 0.2) is 64.1 Å². The Balaban J connectivity index is 2.43. The number of nitrogens with zero attached hydrogens (tertiary/aromatic N) is 1. The van der Waals surface area contributed by atoms with Gasteiger partial charge < -0.3 is 5.73 Å². The van der Waals surface area contributed by atoms with E-state index >= 15 is 0 Å². The van der Waals surface area contributed by atoms with Crippen molar-refractivity contribution in [2.24, 2.45) is 10.7 Å². The third-order valence-electron chi connectivity index (χ3n) is 2.77. The van der Waals surface area contributed by atoms with Crippen LogP contribution in [0.2, 0.25) is 0 Å². The molecule has 0 aliphatic carbocycles. The molecule has 0 saturated heterocycles. The molecule has 0 aromatic heterocycles. The highest BCUT2D eigenvalue weighted by Gasteiger charge is 2.13. The van der Waals surface area contributed by atoms with Crippen LogP contribution >= 0.6 is 27.7 Å². The Labute approximate surface area is 126 Å². The van der Waals surface area contributed by atoms with Crippen molar-refractivity contribution in [2.45, 2.75) is 6.04 Å². The molecule has 0 aliphatic rings. The fourth-order valence-corrected chi connectivity index (χ4v) is 2.28. The molecule has 0 bridgehead atoms. The number of nitrogens with two attached hydrogens (primary N) is 1. The first-order valence-electron chi connectivity index (χ1n) is 5.88. The smallest absolute Gasteiger partial charge is 0.154 e. The maximum atomic E-state index is 5.88. The average molecular weight is 335 g/mol. The summed E-state index contributed by atoms with van der Waals surface area (Å²) in [5, 5.41) is 0.594. The number of hydrogen-bond donors (Lipinski definition) is 1. The molecule has 2 N–H and O–H groups in total. The molecule has 1 atom stereocenters. The van der Waals surface area contributed by atoms with Gasteiger partial charge in [-0.05, 0) is 29.5 Å². The van der Waals surface area contributed by atoms with E-state index in [1.165, 1.54) is 11.8 Å². The molecule has 0 fully saturated rings. The lowest BCUT2D eigenvalue weighted by molar-refractivity contribution is 0.874. The second-order valence-electron chi connectivity index (χ2n) is 4.04. The largest absolute Gasteiger partial charge is 0.379 e. The van der Waals surface area contributed by atoms with Gasteiger partial charge in [0.25, 0.3) is 0 Å². The van der Waals surface area contributed by atoms with Crippen LogP contribution in [0.3, 0.4) is 0 Å². The first kappa shape index (κ1) is 14.2. The van der Waals surface area contributed by atoms with Gasteiger partial charge in [0.2, 0.25) is 0 Å². The summed E-state index contributed by atoms with van der Waals surface area (Å²) in [6.45, 7) is 0. The third kappa shape index (κ3) is 3.85. The van der Waals surface area contributed by atoms with E-state index in [0.717, 1.165) is 15.6 Å². The average Bonchev–Trinajstić information content (AvgIpc) is 2.46. The zero-order chi connectivity index (χ0) is 13.7. The molecule has 0 saturated carbocycles. The lowest BCUT2D eigenvalue weighted by atomic mass is 9.99. The fraction of sp³-hybridized carbons (Fsp3) is 0.133.